The smallest absolute Gasteiger partial charge is 0.252 e. The summed E-state index contributed by atoms with van der Waals surface area (Å²) in [5.41, 5.74) is 0.600. The van der Waals surface area contributed by atoms with E-state index in [1.54, 1.807) is 13.1 Å². The molecule has 2 aromatic rings. The number of nitrogens with one attached hydrogen (secondary N) is 1. The second-order valence-corrected chi connectivity index (χ2v) is 6.15. The highest BCUT2D eigenvalue weighted by Gasteiger charge is 2.20. The summed E-state index contributed by atoms with van der Waals surface area (Å²) in [6.45, 7) is 8.80. The monoisotopic (exact) mass is 344 g/mol. The first-order valence-electron chi connectivity index (χ1n) is 8.66. The number of aromatic nitrogens is 3. The van der Waals surface area contributed by atoms with Crippen molar-refractivity contribution in [3.8, 4) is 0 Å². The number of aryl methyl sites for hydroxylation is 1. The van der Waals surface area contributed by atoms with Crippen molar-refractivity contribution in [3.63, 3.8) is 0 Å². The van der Waals surface area contributed by atoms with Gasteiger partial charge in [-0.2, -0.15) is 4.98 Å². The molecule has 1 amide bonds. The van der Waals surface area contributed by atoms with E-state index in [9.17, 15) is 4.79 Å². The molecule has 134 valence electrons. The van der Waals surface area contributed by atoms with E-state index in [1.807, 2.05) is 19.1 Å². The highest BCUT2D eigenvalue weighted by molar-refractivity contribution is 5.94. The molecule has 8 heteroatoms. The zero-order valence-electron chi connectivity index (χ0n) is 14.7. The van der Waals surface area contributed by atoms with Crippen LogP contribution in [0.1, 0.15) is 35.4 Å². The number of hydrogen-bond donors (Lipinski definition) is 1. The third-order valence-corrected chi connectivity index (χ3v) is 4.18. The Hall–Kier alpha value is -2.48. The molecule has 1 saturated heterocycles. The van der Waals surface area contributed by atoms with Crippen LogP contribution in [0.4, 0.5) is 5.82 Å². The first kappa shape index (κ1) is 17.3. The van der Waals surface area contributed by atoms with E-state index < -0.39 is 0 Å². The fourth-order valence-electron chi connectivity index (χ4n) is 2.79. The lowest BCUT2D eigenvalue weighted by Crippen LogP contribution is -2.46. The summed E-state index contributed by atoms with van der Waals surface area (Å²) in [5.74, 6) is 2.16. The molecule has 0 radical (unpaired) electrons. The number of carbonyl (C=O) groups excluding carboxylic acids is 1. The van der Waals surface area contributed by atoms with Crippen molar-refractivity contribution in [1.82, 2.24) is 25.3 Å². The van der Waals surface area contributed by atoms with Crippen LogP contribution in [0.25, 0.3) is 0 Å². The minimum Gasteiger partial charge on any atom is -0.354 e. The van der Waals surface area contributed by atoms with Gasteiger partial charge < -0.3 is 14.7 Å². The molecule has 2 aromatic heterocycles. The minimum atomic E-state index is -0.0684. The van der Waals surface area contributed by atoms with Gasteiger partial charge in [-0.3, -0.25) is 9.69 Å². The SMILES string of the molecule is CCCNC(=O)c1ccc(N2CCN(Cc3noc(C)n3)CC2)nc1. The summed E-state index contributed by atoms with van der Waals surface area (Å²) in [7, 11) is 0. The predicted octanol–water partition coefficient (Wildman–Crippen LogP) is 1.24. The quantitative estimate of drug-likeness (QED) is 0.843. The topological polar surface area (TPSA) is 87.4 Å². The van der Waals surface area contributed by atoms with Gasteiger partial charge in [0.2, 0.25) is 5.89 Å². The lowest BCUT2D eigenvalue weighted by Gasteiger charge is -2.34. The van der Waals surface area contributed by atoms with E-state index in [0.717, 1.165) is 44.2 Å². The van der Waals surface area contributed by atoms with Crippen molar-refractivity contribution in [3.05, 3.63) is 35.6 Å². The molecule has 8 nitrogen and oxygen atoms in total. The third-order valence-electron chi connectivity index (χ3n) is 4.18. The molecule has 0 aromatic carbocycles. The van der Waals surface area contributed by atoms with Crippen LogP contribution < -0.4 is 10.2 Å². The lowest BCUT2D eigenvalue weighted by molar-refractivity contribution is 0.0953. The van der Waals surface area contributed by atoms with Crippen LogP contribution in [0.2, 0.25) is 0 Å². The molecule has 1 N–H and O–H groups in total. The Kier molecular flexibility index (Phi) is 5.60. The maximum Gasteiger partial charge on any atom is 0.252 e. The molecule has 0 unspecified atom stereocenters. The van der Waals surface area contributed by atoms with Gasteiger partial charge in [0.1, 0.15) is 5.82 Å². The molecule has 1 aliphatic heterocycles. The van der Waals surface area contributed by atoms with Gasteiger partial charge in [0.25, 0.3) is 5.91 Å². The normalized spacial score (nSPS) is 15.4. The molecule has 0 atom stereocenters. The van der Waals surface area contributed by atoms with Crippen LogP contribution in [-0.2, 0) is 6.54 Å². The van der Waals surface area contributed by atoms with Crippen LogP contribution in [0.3, 0.4) is 0 Å². The van der Waals surface area contributed by atoms with Crippen LogP contribution in [-0.4, -0.2) is 58.7 Å². The van der Waals surface area contributed by atoms with Gasteiger partial charge in [0, 0.05) is 45.8 Å². The number of amides is 1. The molecule has 0 bridgehead atoms. The average Bonchev–Trinajstić information content (AvgIpc) is 3.05. The van der Waals surface area contributed by atoms with Gasteiger partial charge in [-0.1, -0.05) is 12.1 Å². The van der Waals surface area contributed by atoms with Gasteiger partial charge in [-0.25, -0.2) is 4.98 Å². The molecule has 1 fully saturated rings. The van der Waals surface area contributed by atoms with Crippen molar-refractivity contribution in [2.24, 2.45) is 0 Å². The van der Waals surface area contributed by atoms with E-state index in [-0.39, 0.29) is 5.91 Å². The summed E-state index contributed by atoms with van der Waals surface area (Å²) >= 11 is 0. The maximum atomic E-state index is 11.9. The number of nitrogens with zero attached hydrogens (tertiary/aromatic N) is 5. The van der Waals surface area contributed by atoms with E-state index in [0.29, 0.717) is 24.5 Å². The molecule has 0 aliphatic carbocycles. The highest BCUT2D eigenvalue weighted by Crippen LogP contribution is 2.15. The Morgan fingerprint density at radius 2 is 2.08 bits per heavy atom. The average molecular weight is 344 g/mol. The number of anilines is 1. The van der Waals surface area contributed by atoms with Gasteiger partial charge in [0.15, 0.2) is 5.82 Å². The zero-order chi connectivity index (χ0) is 17.6. The van der Waals surface area contributed by atoms with Crippen molar-refractivity contribution < 1.29 is 9.32 Å². The summed E-state index contributed by atoms with van der Waals surface area (Å²) in [5, 5.41) is 6.80. The van der Waals surface area contributed by atoms with Crippen LogP contribution in [0.5, 0.6) is 0 Å². The van der Waals surface area contributed by atoms with Crippen LogP contribution in [0.15, 0.2) is 22.9 Å². The molecular formula is C17H24N6O2. The van der Waals surface area contributed by atoms with E-state index in [2.05, 4.69) is 30.2 Å². The number of pyridine rings is 1. The Labute approximate surface area is 147 Å². The van der Waals surface area contributed by atoms with E-state index in [4.69, 9.17) is 4.52 Å². The lowest BCUT2D eigenvalue weighted by atomic mass is 10.2. The number of hydrogen-bond acceptors (Lipinski definition) is 7. The minimum absolute atomic E-state index is 0.0684. The van der Waals surface area contributed by atoms with E-state index in [1.165, 1.54) is 0 Å². The Bertz CT molecular complexity index is 691. The fraction of sp³-hybridized carbons (Fsp3) is 0.529. The van der Waals surface area contributed by atoms with Gasteiger partial charge in [-0.15, -0.1) is 0 Å². The number of piperazine rings is 1. The summed E-state index contributed by atoms with van der Waals surface area (Å²) < 4.78 is 5.01. The molecule has 3 rings (SSSR count). The summed E-state index contributed by atoms with van der Waals surface area (Å²) in [6.07, 6.45) is 2.57. The first-order chi connectivity index (χ1) is 12.2. The van der Waals surface area contributed by atoms with Crippen molar-refractivity contribution in [1.29, 1.82) is 0 Å². The molecule has 0 saturated carbocycles. The predicted molar refractivity (Wildman–Crippen MR) is 93.4 cm³/mol. The number of rotatable bonds is 6. The number of carbonyl (C=O) groups is 1. The first-order valence-corrected chi connectivity index (χ1v) is 8.66. The van der Waals surface area contributed by atoms with Crippen molar-refractivity contribution in [2.45, 2.75) is 26.8 Å². The third kappa shape index (κ3) is 4.54. The molecule has 3 heterocycles. The van der Waals surface area contributed by atoms with Crippen molar-refractivity contribution >= 4 is 11.7 Å². The molecule has 25 heavy (non-hydrogen) atoms. The second kappa shape index (κ2) is 8.06. The Morgan fingerprint density at radius 1 is 1.28 bits per heavy atom. The van der Waals surface area contributed by atoms with E-state index >= 15 is 0 Å². The molecule has 0 spiro atoms. The van der Waals surface area contributed by atoms with Gasteiger partial charge >= 0.3 is 0 Å². The van der Waals surface area contributed by atoms with Crippen LogP contribution >= 0.6 is 0 Å². The maximum absolute atomic E-state index is 11.9. The fourth-order valence-corrected chi connectivity index (χ4v) is 2.79. The van der Waals surface area contributed by atoms with Gasteiger partial charge in [-0.05, 0) is 18.6 Å². The zero-order valence-corrected chi connectivity index (χ0v) is 14.7. The Balaban J connectivity index is 1.51. The Morgan fingerprint density at radius 3 is 2.68 bits per heavy atom. The van der Waals surface area contributed by atoms with Crippen molar-refractivity contribution in [2.75, 3.05) is 37.6 Å². The molecule has 1 aliphatic rings. The summed E-state index contributed by atoms with van der Waals surface area (Å²) in [4.78, 5) is 25.1. The van der Waals surface area contributed by atoms with Gasteiger partial charge in [0.05, 0.1) is 12.1 Å². The highest BCUT2D eigenvalue weighted by atomic mass is 16.5. The molecular weight excluding hydrogens is 320 g/mol. The van der Waals surface area contributed by atoms with Crippen LogP contribution in [0, 0.1) is 6.92 Å². The largest absolute Gasteiger partial charge is 0.354 e. The second-order valence-electron chi connectivity index (χ2n) is 6.15. The summed E-state index contributed by atoms with van der Waals surface area (Å²) in [6, 6.07) is 3.75. The standard InChI is InChI=1S/C17H24N6O2/c1-3-6-18-17(24)14-4-5-16(19-11-14)23-9-7-22(8-10-23)12-15-20-13(2)25-21-15/h4-5,11H,3,6-10,12H2,1-2H3,(H,18,24).